The Kier molecular flexibility index (Phi) is 5.05. The summed E-state index contributed by atoms with van der Waals surface area (Å²) in [6, 6.07) is 0. The third-order valence-electron chi connectivity index (χ3n) is 3.80. The number of benzene rings is 1. The molecule has 1 aliphatic heterocycles. The number of hydrogen-bond acceptors (Lipinski definition) is 2. The number of ether oxygens (including phenoxy) is 1. The standard InChI is InChI=1S/C16H18F5NO2/c1-16(2,3)24-15(23)22-6-4-8(5-7-22)9-10(17)12(19)14(21)13(20)11(9)18/h8H,4-7H2,1-3H3. The quantitative estimate of drug-likeness (QED) is 0.424. The van der Waals surface area contributed by atoms with Crippen molar-refractivity contribution in [3.8, 4) is 0 Å². The highest BCUT2D eigenvalue weighted by Gasteiger charge is 2.34. The van der Waals surface area contributed by atoms with Gasteiger partial charge in [0.2, 0.25) is 5.82 Å². The van der Waals surface area contributed by atoms with E-state index >= 15 is 0 Å². The van der Waals surface area contributed by atoms with Gasteiger partial charge in [-0.15, -0.1) is 0 Å². The first kappa shape index (κ1) is 18.5. The van der Waals surface area contributed by atoms with Crippen LogP contribution in [0.4, 0.5) is 26.7 Å². The highest BCUT2D eigenvalue weighted by Crippen LogP contribution is 2.35. The Labute approximate surface area is 136 Å². The summed E-state index contributed by atoms with van der Waals surface area (Å²) in [5.41, 5.74) is -1.50. The van der Waals surface area contributed by atoms with Crippen molar-refractivity contribution in [2.45, 2.75) is 45.1 Å². The number of carbonyl (C=O) groups excluding carboxylic acids is 1. The number of carbonyl (C=O) groups is 1. The fourth-order valence-electron chi connectivity index (χ4n) is 2.66. The van der Waals surface area contributed by atoms with E-state index in [0.29, 0.717) is 0 Å². The molecule has 134 valence electrons. The van der Waals surface area contributed by atoms with E-state index in [1.54, 1.807) is 20.8 Å². The molecule has 1 amide bonds. The first-order chi connectivity index (χ1) is 11.0. The van der Waals surface area contributed by atoms with Gasteiger partial charge in [0, 0.05) is 18.7 Å². The third kappa shape index (κ3) is 3.62. The fraction of sp³-hybridized carbons (Fsp3) is 0.562. The Hall–Kier alpha value is -1.86. The van der Waals surface area contributed by atoms with Crippen molar-refractivity contribution in [3.05, 3.63) is 34.6 Å². The van der Waals surface area contributed by atoms with Gasteiger partial charge in [-0.05, 0) is 39.5 Å². The lowest BCUT2D eigenvalue weighted by atomic mass is 9.88. The van der Waals surface area contributed by atoms with E-state index in [9.17, 15) is 26.7 Å². The van der Waals surface area contributed by atoms with Gasteiger partial charge in [-0.25, -0.2) is 26.7 Å². The van der Waals surface area contributed by atoms with Crippen LogP contribution in [0.1, 0.15) is 45.1 Å². The second-order valence-corrected chi connectivity index (χ2v) is 6.73. The molecule has 3 nitrogen and oxygen atoms in total. The number of nitrogens with zero attached hydrogens (tertiary/aromatic N) is 1. The molecule has 1 aromatic carbocycles. The molecule has 1 fully saturated rings. The Bertz CT molecular complexity index is 620. The van der Waals surface area contributed by atoms with Gasteiger partial charge in [0.1, 0.15) is 5.60 Å². The van der Waals surface area contributed by atoms with E-state index < -0.39 is 52.3 Å². The van der Waals surface area contributed by atoms with Crippen LogP contribution < -0.4 is 0 Å². The minimum absolute atomic E-state index is 0.0809. The summed E-state index contributed by atoms with van der Waals surface area (Å²) in [5, 5.41) is 0. The lowest BCUT2D eigenvalue weighted by molar-refractivity contribution is 0.0203. The molecular weight excluding hydrogens is 333 g/mol. The molecule has 0 unspecified atom stereocenters. The average molecular weight is 351 g/mol. The highest BCUT2D eigenvalue weighted by molar-refractivity contribution is 5.68. The Morgan fingerprint density at radius 1 is 0.917 bits per heavy atom. The number of amides is 1. The van der Waals surface area contributed by atoms with E-state index in [4.69, 9.17) is 4.74 Å². The smallest absolute Gasteiger partial charge is 0.410 e. The van der Waals surface area contributed by atoms with Gasteiger partial charge < -0.3 is 9.64 Å². The zero-order chi connectivity index (χ0) is 18.2. The van der Waals surface area contributed by atoms with E-state index in [1.807, 2.05) is 0 Å². The molecule has 0 atom stereocenters. The number of halogens is 5. The maximum Gasteiger partial charge on any atom is 0.410 e. The Morgan fingerprint density at radius 3 is 1.75 bits per heavy atom. The highest BCUT2D eigenvalue weighted by atomic mass is 19.2. The normalized spacial score (nSPS) is 16.4. The maximum absolute atomic E-state index is 13.8. The van der Waals surface area contributed by atoms with Crippen molar-refractivity contribution in [3.63, 3.8) is 0 Å². The van der Waals surface area contributed by atoms with Gasteiger partial charge in [0.15, 0.2) is 23.3 Å². The van der Waals surface area contributed by atoms with Crippen LogP contribution in [0.5, 0.6) is 0 Å². The van der Waals surface area contributed by atoms with Crippen LogP contribution >= 0.6 is 0 Å². The molecular formula is C16H18F5NO2. The van der Waals surface area contributed by atoms with E-state index in [2.05, 4.69) is 0 Å². The number of piperidine rings is 1. The van der Waals surface area contributed by atoms with Crippen LogP contribution in [0.2, 0.25) is 0 Å². The fourth-order valence-corrected chi connectivity index (χ4v) is 2.66. The third-order valence-corrected chi connectivity index (χ3v) is 3.80. The van der Waals surface area contributed by atoms with Crippen LogP contribution in [0.25, 0.3) is 0 Å². The molecule has 0 aromatic heterocycles. The minimum atomic E-state index is -2.17. The van der Waals surface area contributed by atoms with Crippen molar-refractivity contribution in [2.24, 2.45) is 0 Å². The van der Waals surface area contributed by atoms with Gasteiger partial charge in [-0.2, -0.15) is 0 Å². The summed E-state index contributed by atoms with van der Waals surface area (Å²) >= 11 is 0. The predicted octanol–water partition coefficient (Wildman–Crippen LogP) is 4.50. The molecule has 0 bridgehead atoms. The largest absolute Gasteiger partial charge is 0.444 e. The molecule has 8 heteroatoms. The zero-order valence-corrected chi connectivity index (χ0v) is 13.6. The zero-order valence-electron chi connectivity index (χ0n) is 13.6. The van der Waals surface area contributed by atoms with Gasteiger partial charge in [-0.1, -0.05) is 0 Å². The van der Waals surface area contributed by atoms with Crippen LogP contribution in [0.3, 0.4) is 0 Å². The molecule has 24 heavy (non-hydrogen) atoms. The molecule has 1 aliphatic rings. The first-order valence-electron chi connectivity index (χ1n) is 7.52. The van der Waals surface area contributed by atoms with Gasteiger partial charge >= 0.3 is 6.09 Å². The maximum atomic E-state index is 13.8. The van der Waals surface area contributed by atoms with E-state index in [1.165, 1.54) is 4.90 Å². The SMILES string of the molecule is CC(C)(C)OC(=O)N1CCC(c2c(F)c(F)c(F)c(F)c2F)CC1. The first-order valence-corrected chi connectivity index (χ1v) is 7.52. The summed E-state index contributed by atoms with van der Waals surface area (Å²) in [4.78, 5) is 13.3. The molecule has 0 aliphatic carbocycles. The van der Waals surface area contributed by atoms with E-state index in [0.717, 1.165) is 0 Å². The molecule has 0 N–H and O–H groups in total. The van der Waals surface area contributed by atoms with Crippen LogP contribution in [-0.2, 0) is 4.74 Å². The van der Waals surface area contributed by atoms with Gasteiger partial charge in [0.25, 0.3) is 0 Å². The average Bonchev–Trinajstić information content (AvgIpc) is 2.50. The van der Waals surface area contributed by atoms with E-state index in [-0.39, 0.29) is 25.9 Å². The molecule has 0 radical (unpaired) electrons. The lowest BCUT2D eigenvalue weighted by Crippen LogP contribution is -2.41. The van der Waals surface area contributed by atoms with Crippen molar-refractivity contribution >= 4 is 6.09 Å². The molecule has 0 saturated carbocycles. The van der Waals surface area contributed by atoms with Crippen molar-refractivity contribution in [1.29, 1.82) is 0 Å². The number of likely N-dealkylation sites (tertiary alicyclic amines) is 1. The van der Waals surface area contributed by atoms with Crippen molar-refractivity contribution in [1.82, 2.24) is 4.90 Å². The van der Waals surface area contributed by atoms with Crippen LogP contribution in [0.15, 0.2) is 0 Å². The predicted molar refractivity (Wildman–Crippen MR) is 76.0 cm³/mol. The van der Waals surface area contributed by atoms with Crippen LogP contribution in [-0.4, -0.2) is 29.7 Å². The molecule has 1 heterocycles. The summed E-state index contributed by atoms with van der Waals surface area (Å²) < 4.78 is 72.6. The monoisotopic (exact) mass is 351 g/mol. The number of rotatable bonds is 1. The van der Waals surface area contributed by atoms with Crippen LogP contribution in [0, 0.1) is 29.1 Å². The molecule has 0 spiro atoms. The van der Waals surface area contributed by atoms with Crippen molar-refractivity contribution in [2.75, 3.05) is 13.1 Å². The van der Waals surface area contributed by atoms with Gasteiger partial charge in [-0.3, -0.25) is 0 Å². The van der Waals surface area contributed by atoms with Gasteiger partial charge in [0.05, 0.1) is 0 Å². The summed E-state index contributed by atoms with van der Waals surface area (Å²) in [6.45, 7) is 5.32. The molecule has 2 rings (SSSR count). The summed E-state index contributed by atoms with van der Waals surface area (Å²) in [5.74, 6) is -10.5. The van der Waals surface area contributed by atoms with Crippen molar-refractivity contribution < 1.29 is 31.5 Å². The second-order valence-electron chi connectivity index (χ2n) is 6.73. The Balaban J connectivity index is 2.15. The molecule has 1 saturated heterocycles. The Morgan fingerprint density at radius 2 is 1.33 bits per heavy atom. The summed E-state index contributed by atoms with van der Waals surface area (Å²) in [7, 11) is 0. The molecule has 1 aromatic rings. The lowest BCUT2D eigenvalue weighted by Gasteiger charge is -2.33. The summed E-state index contributed by atoms with van der Waals surface area (Å²) in [6.07, 6.45) is -0.409. The second kappa shape index (κ2) is 6.57. The number of hydrogen-bond donors (Lipinski definition) is 0. The minimum Gasteiger partial charge on any atom is -0.444 e. The topological polar surface area (TPSA) is 29.5 Å².